The molecule has 1 aliphatic rings. The molecule has 0 radical (unpaired) electrons. The number of halogens is 2. The molecule has 29 heavy (non-hydrogen) atoms. The third-order valence-electron chi connectivity index (χ3n) is 4.51. The predicted molar refractivity (Wildman–Crippen MR) is 119 cm³/mol. The van der Waals surface area contributed by atoms with Crippen molar-refractivity contribution in [1.29, 1.82) is 0 Å². The van der Waals surface area contributed by atoms with Crippen molar-refractivity contribution in [2.45, 2.75) is 19.0 Å². The molecule has 1 aromatic heterocycles. The van der Waals surface area contributed by atoms with E-state index in [9.17, 15) is 9.90 Å². The van der Waals surface area contributed by atoms with E-state index in [1.54, 1.807) is 19.4 Å². The molecule has 2 heterocycles. The first kappa shape index (κ1) is 24.6. The maximum Gasteiger partial charge on any atom is 0.283 e. The lowest BCUT2D eigenvalue weighted by molar-refractivity contribution is -0.116. The number of nitrogens with one attached hydrogen (secondary N) is 1. The lowest BCUT2D eigenvalue weighted by Gasteiger charge is -2.17. The summed E-state index contributed by atoms with van der Waals surface area (Å²) in [6.45, 7) is 2.84. The maximum atomic E-state index is 10.9. The summed E-state index contributed by atoms with van der Waals surface area (Å²) in [6, 6.07) is 12.1. The van der Waals surface area contributed by atoms with Gasteiger partial charge in [-0.2, -0.15) is 0 Å². The van der Waals surface area contributed by atoms with Gasteiger partial charge in [0, 0.05) is 31.9 Å². The first-order valence-electron chi connectivity index (χ1n) is 8.82. The van der Waals surface area contributed by atoms with Crippen LogP contribution in [-0.2, 0) is 11.3 Å². The van der Waals surface area contributed by atoms with Gasteiger partial charge in [-0.15, -0.1) is 24.8 Å². The molecule has 158 valence electrons. The molecule has 0 unspecified atom stereocenters. The van der Waals surface area contributed by atoms with Gasteiger partial charge in [-0.3, -0.25) is 9.69 Å². The number of aliphatic hydroxyl groups excluding tert-OH is 1. The lowest BCUT2D eigenvalue weighted by Crippen LogP contribution is -2.26. The van der Waals surface area contributed by atoms with E-state index in [4.69, 9.17) is 10.5 Å². The van der Waals surface area contributed by atoms with Crippen molar-refractivity contribution in [1.82, 2.24) is 9.88 Å². The van der Waals surface area contributed by atoms with Crippen molar-refractivity contribution < 1.29 is 14.6 Å². The number of pyridine rings is 1. The summed E-state index contributed by atoms with van der Waals surface area (Å²) < 4.78 is 5.28. The molecule has 0 spiro atoms. The molecule has 0 saturated carbocycles. The average Bonchev–Trinajstić information content (AvgIpc) is 3.10. The Morgan fingerprint density at radius 3 is 2.83 bits per heavy atom. The zero-order valence-electron chi connectivity index (χ0n) is 16.1. The molecule has 1 amide bonds. The monoisotopic (exact) mass is 440 g/mol. The second-order valence-electron chi connectivity index (χ2n) is 6.59. The van der Waals surface area contributed by atoms with Crippen LogP contribution in [0.2, 0.25) is 0 Å². The third kappa shape index (κ3) is 7.12. The van der Waals surface area contributed by atoms with Gasteiger partial charge in [0.25, 0.3) is 5.91 Å². The van der Waals surface area contributed by atoms with Gasteiger partial charge in [-0.25, -0.2) is 4.98 Å². The summed E-state index contributed by atoms with van der Waals surface area (Å²) in [5.74, 6) is 0.293. The summed E-state index contributed by atoms with van der Waals surface area (Å²) in [7, 11) is 1.68. The van der Waals surface area contributed by atoms with Crippen molar-refractivity contribution in [3.8, 4) is 5.75 Å². The standard InChI is InChI=1S/C20H24N4O3.2ClH/c1-27-17-4-2-3-15(9-17)12-24-8-7-16(13-24)23-19-6-5-14(11-22-19)10-18(25)20(21)26;;/h2-6,9-11,16,25H,7-8,12-13H2,1H3,(H2,21,26)(H,22,23);2*1H/b18-10-;;/t16-;;/m1../s1. The fourth-order valence-electron chi connectivity index (χ4n) is 3.14. The lowest BCUT2D eigenvalue weighted by atomic mass is 10.2. The van der Waals surface area contributed by atoms with E-state index in [0.717, 1.165) is 37.6 Å². The maximum absolute atomic E-state index is 10.9. The summed E-state index contributed by atoms with van der Waals surface area (Å²) in [5.41, 5.74) is 6.85. The minimum absolute atomic E-state index is 0. The van der Waals surface area contributed by atoms with E-state index in [1.165, 1.54) is 11.6 Å². The Bertz CT molecular complexity index is 831. The SMILES string of the molecule is COc1cccc(CN2CC[C@@H](Nc3ccc(/C=C(\O)C(N)=O)cn3)C2)c1.Cl.Cl. The number of benzene rings is 1. The Kier molecular flexibility index (Phi) is 9.74. The molecule has 9 heteroatoms. The fourth-order valence-corrected chi connectivity index (χ4v) is 3.14. The highest BCUT2D eigenvalue weighted by atomic mass is 35.5. The van der Waals surface area contributed by atoms with Crippen LogP contribution in [0.4, 0.5) is 5.82 Å². The first-order chi connectivity index (χ1) is 13.0. The third-order valence-corrected chi connectivity index (χ3v) is 4.51. The van der Waals surface area contributed by atoms with Gasteiger partial charge in [-0.05, 0) is 47.9 Å². The van der Waals surface area contributed by atoms with E-state index in [1.807, 2.05) is 18.2 Å². The number of carbonyl (C=O) groups is 1. The Hall–Kier alpha value is -2.48. The Labute approximate surface area is 182 Å². The van der Waals surface area contributed by atoms with Crippen LogP contribution >= 0.6 is 24.8 Å². The molecular weight excluding hydrogens is 415 g/mol. The number of aliphatic hydroxyl groups is 1. The van der Waals surface area contributed by atoms with Gasteiger partial charge in [0.1, 0.15) is 11.6 Å². The number of anilines is 1. The second-order valence-corrected chi connectivity index (χ2v) is 6.59. The molecule has 1 fully saturated rings. The number of hydrogen-bond donors (Lipinski definition) is 3. The second kappa shape index (κ2) is 11.5. The topological polar surface area (TPSA) is 101 Å². The van der Waals surface area contributed by atoms with E-state index >= 15 is 0 Å². The van der Waals surface area contributed by atoms with Crippen LogP contribution in [0.5, 0.6) is 5.75 Å². The molecule has 0 bridgehead atoms. The number of carbonyl (C=O) groups excluding carboxylic acids is 1. The largest absolute Gasteiger partial charge is 0.503 e. The number of hydrogen-bond acceptors (Lipinski definition) is 6. The highest BCUT2D eigenvalue weighted by Crippen LogP contribution is 2.19. The van der Waals surface area contributed by atoms with Crippen molar-refractivity contribution >= 4 is 42.6 Å². The quantitative estimate of drug-likeness (QED) is 0.451. The number of aromatic nitrogens is 1. The van der Waals surface area contributed by atoms with Crippen molar-refractivity contribution in [3.63, 3.8) is 0 Å². The van der Waals surface area contributed by atoms with Crippen LogP contribution in [0.3, 0.4) is 0 Å². The molecule has 0 aliphatic carbocycles. The van der Waals surface area contributed by atoms with E-state index in [-0.39, 0.29) is 24.8 Å². The van der Waals surface area contributed by atoms with E-state index in [2.05, 4.69) is 27.3 Å². The zero-order chi connectivity index (χ0) is 19.2. The number of ether oxygens (including phenoxy) is 1. The molecule has 1 aromatic carbocycles. The van der Waals surface area contributed by atoms with Crippen LogP contribution in [0.25, 0.3) is 6.08 Å². The van der Waals surface area contributed by atoms with E-state index in [0.29, 0.717) is 11.6 Å². The molecule has 2 aromatic rings. The Morgan fingerprint density at radius 1 is 1.38 bits per heavy atom. The number of nitrogens with two attached hydrogens (primary N) is 1. The number of rotatable bonds is 7. The van der Waals surface area contributed by atoms with Crippen LogP contribution in [-0.4, -0.2) is 47.1 Å². The summed E-state index contributed by atoms with van der Waals surface area (Å²) in [4.78, 5) is 17.6. The van der Waals surface area contributed by atoms with Gasteiger partial charge >= 0.3 is 0 Å². The Balaban J connectivity index is 0.00000210. The van der Waals surface area contributed by atoms with Gasteiger partial charge in [0.05, 0.1) is 7.11 Å². The summed E-state index contributed by atoms with van der Waals surface area (Å²) >= 11 is 0. The molecule has 7 nitrogen and oxygen atoms in total. The smallest absolute Gasteiger partial charge is 0.283 e. The molecule has 1 aliphatic heterocycles. The number of primary amides is 1. The van der Waals surface area contributed by atoms with Crippen molar-refractivity contribution in [2.24, 2.45) is 5.73 Å². The molecule has 3 rings (SSSR count). The highest BCUT2D eigenvalue weighted by molar-refractivity contribution is 5.93. The van der Waals surface area contributed by atoms with Crippen LogP contribution < -0.4 is 15.8 Å². The normalized spacial score (nSPS) is 16.4. The van der Waals surface area contributed by atoms with Crippen LogP contribution in [0, 0.1) is 0 Å². The van der Waals surface area contributed by atoms with E-state index < -0.39 is 11.7 Å². The minimum atomic E-state index is -0.862. The average molecular weight is 441 g/mol. The predicted octanol–water partition coefficient (Wildman–Crippen LogP) is 3.00. The number of likely N-dealkylation sites (tertiary alicyclic amines) is 1. The van der Waals surface area contributed by atoms with Crippen molar-refractivity contribution in [2.75, 3.05) is 25.5 Å². The molecular formula is C20H26Cl2N4O3. The van der Waals surface area contributed by atoms with Gasteiger partial charge in [-0.1, -0.05) is 12.1 Å². The van der Waals surface area contributed by atoms with Gasteiger partial charge < -0.3 is 20.9 Å². The number of methoxy groups -OCH3 is 1. The summed E-state index contributed by atoms with van der Waals surface area (Å²) in [6.07, 6.45) is 3.92. The van der Waals surface area contributed by atoms with Gasteiger partial charge in [0.15, 0.2) is 5.76 Å². The molecule has 4 N–H and O–H groups in total. The van der Waals surface area contributed by atoms with Crippen molar-refractivity contribution in [3.05, 3.63) is 59.5 Å². The number of amides is 1. The number of nitrogens with zero attached hydrogens (tertiary/aromatic N) is 2. The van der Waals surface area contributed by atoms with Crippen LogP contribution in [0.1, 0.15) is 17.5 Å². The highest BCUT2D eigenvalue weighted by Gasteiger charge is 2.22. The minimum Gasteiger partial charge on any atom is -0.503 e. The van der Waals surface area contributed by atoms with Crippen LogP contribution in [0.15, 0.2) is 48.4 Å². The Morgan fingerprint density at radius 2 is 2.17 bits per heavy atom. The fraction of sp³-hybridized carbons (Fsp3) is 0.300. The molecule has 1 saturated heterocycles. The first-order valence-corrected chi connectivity index (χ1v) is 8.82. The summed E-state index contributed by atoms with van der Waals surface area (Å²) in [5, 5.41) is 12.8. The molecule has 1 atom stereocenters. The van der Waals surface area contributed by atoms with Gasteiger partial charge in [0.2, 0.25) is 0 Å². The zero-order valence-corrected chi connectivity index (χ0v) is 17.7.